The zero-order valence-corrected chi connectivity index (χ0v) is 16.5. The summed E-state index contributed by atoms with van der Waals surface area (Å²) in [7, 11) is 0. The Hall–Kier alpha value is -2.52. The van der Waals surface area contributed by atoms with E-state index in [9.17, 15) is 5.11 Å². The van der Waals surface area contributed by atoms with E-state index in [1.807, 2.05) is 61.9 Å². The summed E-state index contributed by atoms with van der Waals surface area (Å²) >= 11 is 0. The van der Waals surface area contributed by atoms with Crippen LogP contribution in [-0.2, 0) is 14.2 Å². The topological polar surface area (TPSA) is 105 Å². The van der Waals surface area contributed by atoms with Crippen LogP contribution in [0.4, 0.5) is 5.82 Å². The van der Waals surface area contributed by atoms with Gasteiger partial charge in [0, 0.05) is 6.20 Å². The largest absolute Gasteiger partial charge is 0.386 e. The predicted molar refractivity (Wildman–Crippen MR) is 106 cm³/mol. The lowest BCUT2D eigenvalue weighted by Crippen LogP contribution is -2.34. The molecule has 2 aliphatic heterocycles. The zero-order chi connectivity index (χ0) is 20.3. The van der Waals surface area contributed by atoms with Gasteiger partial charge in [-0.3, -0.25) is 0 Å². The Bertz CT molecular complexity index is 1050. The lowest BCUT2D eigenvalue weighted by atomic mass is 9.98. The molecule has 152 valence electrons. The molecule has 2 saturated heterocycles. The minimum Gasteiger partial charge on any atom is -0.386 e. The quantitative estimate of drug-likeness (QED) is 0.701. The number of nitrogen functional groups attached to an aromatic ring is 1. The van der Waals surface area contributed by atoms with Gasteiger partial charge in [-0.05, 0) is 32.4 Å². The van der Waals surface area contributed by atoms with Gasteiger partial charge in [0.25, 0.3) is 0 Å². The fraction of sp³-hybridized carbons (Fsp3) is 0.429. The number of aryl methyl sites for hydroxylation is 1. The van der Waals surface area contributed by atoms with E-state index < -0.39 is 36.4 Å². The number of aromatic nitrogens is 3. The van der Waals surface area contributed by atoms with Gasteiger partial charge in [0.05, 0.1) is 5.39 Å². The summed E-state index contributed by atoms with van der Waals surface area (Å²) in [6, 6.07) is 9.61. The third kappa shape index (κ3) is 3.00. The van der Waals surface area contributed by atoms with Gasteiger partial charge in [0.1, 0.15) is 42.2 Å². The molecule has 1 aromatic carbocycles. The molecule has 8 nitrogen and oxygen atoms in total. The van der Waals surface area contributed by atoms with Crippen molar-refractivity contribution < 1.29 is 19.3 Å². The fourth-order valence-corrected chi connectivity index (χ4v) is 4.23. The normalized spacial score (nSPS) is 29.2. The maximum Gasteiger partial charge on any atom is 0.164 e. The van der Waals surface area contributed by atoms with Gasteiger partial charge in [0.2, 0.25) is 0 Å². The Kier molecular flexibility index (Phi) is 4.15. The molecule has 0 amide bonds. The second-order valence-corrected chi connectivity index (χ2v) is 8.13. The number of nitrogens with zero attached hydrogens (tertiary/aromatic N) is 3. The lowest BCUT2D eigenvalue weighted by Gasteiger charge is -2.27. The van der Waals surface area contributed by atoms with Crippen molar-refractivity contribution in [3.8, 4) is 0 Å². The monoisotopic (exact) mass is 396 g/mol. The van der Waals surface area contributed by atoms with Gasteiger partial charge >= 0.3 is 0 Å². The maximum atomic E-state index is 11.1. The van der Waals surface area contributed by atoms with Gasteiger partial charge in [-0.2, -0.15) is 0 Å². The molecule has 0 bridgehead atoms. The Balaban J connectivity index is 1.53. The molecule has 2 aliphatic rings. The fourth-order valence-electron chi connectivity index (χ4n) is 4.23. The van der Waals surface area contributed by atoms with Gasteiger partial charge < -0.3 is 29.6 Å². The van der Waals surface area contributed by atoms with Crippen molar-refractivity contribution in [2.24, 2.45) is 0 Å². The second-order valence-electron chi connectivity index (χ2n) is 8.13. The highest BCUT2D eigenvalue weighted by Gasteiger charge is 2.58. The number of aliphatic hydroxyl groups excluding tert-OH is 1. The van der Waals surface area contributed by atoms with Crippen LogP contribution in [0.2, 0.25) is 0 Å². The molecule has 4 heterocycles. The van der Waals surface area contributed by atoms with Crippen LogP contribution in [0.5, 0.6) is 0 Å². The van der Waals surface area contributed by atoms with Gasteiger partial charge in [-0.1, -0.05) is 29.8 Å². The number of benzene rings is 1. The molecule has 0 radical (unpaired) electrons. The molecule has 3 aromatic rings. The Morgan fingerprint density at radius 1 is 1.10 bits per heavy atom. The zero-order valence-electron chi connectivity index (χ0n) is 16.5. The van der Waals surface area contributed by atoms with Crippen molar-refractivity contribution in [2.75, 3.05) is 5.73 Å². The number of hydrogen-bond donors (Lipinski definition) is 2. The van der Waals surface area contributed by atoms with Crippen LogP contribution in [0, 0.1) is 6.92 Å². The number of anilines is 1. The van der Waals surface area contributed by atoms with Crippen molar-refractivity contribution in [3.05, 3.63) is 54.0 Å². The van der Waals surface area contributed by atoms with Crippen LogP contribution in [0.1, 0.15) is 37.3 Å². The van der Waals surface area contributed by atoms with E-state index in [1.54, 1.807) is 0 Å². The number of nitrogens with two attached hydrogens (primary N) is 1. The minimum atomic E-state index is -0.855. The number of hydrogen-bond acceptors (Lipinski definition) is 7. The second kappa shape index (κ2) is 6.50. The van der Waals surface area contributed by atoms with Crippen LogP contribution in [0.25, 0.3) is 11.0 Å². The molecule has 0 saturated carbocycles. The van der Waals surface area contributed by atoms with Crippen LogP contribution >= 0.6 is 0 Å². The first-order valence-electron chi connectivity index (χ1n) is 9.67. The highest BCUT2D eigenvalue weighted by atomic mass is 16.8. The van der Waals surface area contributed by atoms with E-state index in [-0.39, 0.29) is 0 Å². The summed E-state index contributed by atoms with van der Waals surface area (Å²) in [5.74, 6) is -0.372. The van der Waals surface area contributed by atoms with E-state index in [1.165, 1.54) is 6.33 Å². The standard InChI is InChI=1S/C21H24N4O4/c1-11-4-6-12(7-5-11)14(26)15-16-17(29-21(2,3)28-16)20(27-15)25-9-8-13-18(22)23-10-24-19(13)25/h4-10,14-17,20,26H,1-3H3,(H2,22,23,24)/t14?,15-,16-,17-,20-/m1/s1. The number of aliphatic hydroxyl groups is 1. The smallest absolute Gasteiger partial charge is 0.164 e. The summed E-state index contributed by atoms with van der Waals surface area (Å²) in [6.45, 7) is 5.74. The van der Waals surface area contributed by atoms with Crippen molar-refractivity contribution in [1.29, 1.82) is 0 Å². The van der Waals surface area contributed by atoms with Crippen LogP contribution in [0.15, 0.2) is 42.9 Å². The number of ether oxygens (including phenoxy) is 3. The van der Waals surface area contributed by atoms with Crippen molar-refractivity contribution in [3.63, 3.8) is 0 Å². The van der Waals surface area contributed by atoms with Crippen LogP contribution in [-0.4, -0.2) is 43.7 Å². The molecule has 0 aliphatic carbocycles. The SMILES string of the molecule is Cc1ccc(C(O)[C@H]2O[C@@H](n3ccc4c(N)ncnc43)[C@@H]3OC(C)(C)O[C@@H]32)cc1. The highest BCUT2D eigenvalue weighted by Crippen LogP contribution is 2.47. The molecule has 1 unspecified atom stereocenters. The van der Waals surface area contributed by atoms with Crippen molar-refractivity contribution in [2.45, 2.75) is 57.2 Å². The Labute approximate surface area is 168 Å². The molecule has 29 heavy (non-hydrogen) atoms. The lowest BCUT2D eigenvalue weighted by molar-refractivity contribution is -0.207. The first kappa shape index (κ1) is 18.5. The summed E-state index contributed by atoms with van der Waals surface area (Å²) in [5.41, 5.74) is 8.54. The molecule has 5 rings (SSSR count). The summed E-state index contributed by atoms with van der Waals surface area (Å²) in [6.07, 6.45) is 0.490. The molecule has 0 spiro atoms. The Morgan fingerprint density at radius 2 is 1.83 bits per heavy atom. The molecular weight excluding hydrogens is 372 g/mol. The first-order valence-corrected chi connectivity index (χ1v) is 9.67. The third-order valence-electron chi connectivity index (χ3n) is 5.61. The molecule has 2 fully saturated rings. The average Bonchev–Trinajstić information content (AvgIpc) is 3.33. The summed E-state index contributed by atoms with van der Waals surface area (Å²) in [4.78, 5) is 8.41. The van der Waals surface area contributed by atoms with E-state index in [4.69, 9.17) is 19.9 Å². The number of fused-ring (bicyclic) bond motifs is 2. The van der Waals surface area contributed by atoms with Gasteiger partial charge in [0.15, 0.2) is 12.0 Å². The van der Waals surface area contributed by atoms with E-state index in [2.05, 4.69) is 9.97 Å². The maximum absolute atomic E-state index is 11.1. The molecule has 8 heteroatoms. The van der Waals surface area contributed by atoms with Crippen LogP contribution < -0.4 is 5.73 Å². The molecular formula is C21H24N4O4. The van der Waals surface area contributed by atoms with E-state index in [0.29, 0.717) is 11.5 Å². The summed E-state index contributed by atoms with van der Waals surface area (Å²) in [5, 5.41) is 11.8. The average molecular weight is 396 g/mol. The first-order chi connectivity index (χ1) is 13.8. The van der Waals surface area contributed by atoms with Crippen molar-refractivity contribution >= 4 is 16.9 Å². The summed E-state index contributed by atoms with van der Waals surface area (Å²) < 4.78 is 20.5. The van der Waals surface area contributed by atoms with Gasteiger partial charge in [-0.15, -0.1) is 0 Å². The highest BCUT2D eigenvalue weighted by molar-refractivity contribution is 5.86. The van der Waals surface area contributed by atoms with E-state index >= 15 is 0 Å². The van der Waals surface area contributed by atoms with Crippen LogP contribution in [0.3, 0.4) is 0 Å². The Morgan fingerprint density at radius 3 is 2.59 bits per heavy atom. The molecule has 5 atom stereocenters. The molecule has 2 aromatic heterocycles. The van der Waals surface area contributed by atoms with E-state index in [0.717, 1.165) is 16.5 Å². The van der Waals surface area contributed by atoms with Crippen molar-refractivity contribution in [1.82, 2.24) is 14.5 Å². The third-order valence-corrected chi connectivity index (χ3v) is 5.61. The number of rotatable bonds is 3. The molecule has 3 N–H and O–H groups in total. The van der Waals surface area contributed by atoms with Gasteiger partial charge in [-0.25, -0.2) is 9.97 Å². The predicted octanol–water partition coefficient (Wildman–Crippen LogP) is 2.47. The minimum absolute atomic E-state index is 0.401.